The molecule has 3 fully saturated rings. The number of allylic oxidation sites excluding steroid dienone is 2. The van der Waals surface area contributed by atoms with E-state index < -0.39 is 0 Å². The predicted molar refractivity (Wildman–Crippen MR) is 110 cm³/mol. The smallest absolute Gasteiger partial charge is 0.331 e. The lowest BCUT2D eigenvalue weighted by molar-refractivity contribution is -0.155. The van der Waals surface area contributed by atoms with Crippen molar-refractivity contribution in [3.8, 4) is 0 Å². The summed E-state index contributed by atoms with van der Waals surface area (Å²) in [6, 6.07) is 0. The lowest BCUT2D eigenvalue weighted by atomic mass is 9.45. The molecule has 0 aromatic heterocycles. The summed E-state index contributed by atoms with van der Waals surface area (Å²) >= 11 is 0. The summed E-state index contributed by atoms with van der Waals surface area (Å²) in [6.45, 7) is 7.00. The van der Waals surface area contributed by atoms with E-state index in [1.165, 1.54) is 44.6 Å². The highest BCUT2D eigenvalue weighted by molar-refractivity contribution is 5.85. The minimum atomic E-state index is -0.164. The Labute approximate surface area is 174 Å². The van der Waals surface area contributed by atoms with Crippen molar-refractivity contribution in [3.05, 3.63) is 23.3 Å². The molecule has 4 nitrogen and oxygen atoms in total. The first kappa shape index (κ1) is 19.4. The first-order valence-corrected chi connectivity index (χ1v) is 11.6. The average Bonchev–Trinajstić information content (AvgIpc) is 3.24. The molecule has 5 rings (SSSR count). The van der Waals surface area contributed by atoms with Crippen LogP contribution in [0.15, 0.2) is 23.3 Å². The summed E-state index contributed by atoms with van der Waals surface area (Å²) in [6.07, 6.45) is 13.7. The van der Waals surface area contributed by atoms with E-state index in [2.05, 4.69) is 19.9 Å². The van der Waals surface area contributed by atoms with Gasteiger partial charge in [-0.2, -0.15) is 0 Å². The number of hydrogen-bond acceptors (Lipinski definition) is 4. The molecule has 4 aliphatic carbocycles. The number of rotatable bonds is 2. The Bertz CT molecular complexity index is 795. The van der Waals surface area contributed by atoms with E-state index in [0.29, 0.717) is 29.8 Å². The molecule has 7 atom stereocenters. The maximum Gasteiger partial charge on any atom is 0.331 e. The Morgan fingerprint density at radius 2 is 2.00 bits per heavy atom. The lowest BCUT2D eigenvalue weighted by Crippen LogP contribution is -2.52. The normalized spacial score (nSPS) is 46.0. The SMILES string of the molecule is CC(=O)OC1CCC2(C)C(CCC3C4=CCC(C5=CC(=O)OC5)C4(C)CCC32)C1. The van der Waals surface area contributed by atoms with Crippen molar-refractivity contribution in [1.82, 2.24) is 0 Å². The number of carbonyl (C=O) groups is 2. The Kier molecular flexibility index (Phi) is 4.49. The summed E-state index contributed by atoms with van der Waals surface area (Å²) in [5.41, 5.74) is 3.45. The molecule has 1 aliphatic heterocycles. The highest BCUT2D eigenvalue weighted by Gasteiger charge is 2.58. The van der Waals surface area contributed by atoms with Gasteiger partial charge in [-0.3, -0.25) is 4.79 Å². The van der Waals surface area contributed by atoms with Gasteiger partial charge >= 0.3 is 11.9 Å². The second kappa shape index (κ2) is 6.72. The van der Waals surface area contributed by atoms with E-state index in [4.69, 9.17) is 9.47 Å². The first-order chi connectivity index (χ1) is 13.8. The Balaban J connectivity index is 1.36. The van der Waals surface area contributed by atoms with Gasteiger partial charge in [-0.25, -0.2) is 4.79 Å². The van der Waals surface area contributed by atoms with Gasteiger partial charge in [0.2, 0.25) is 0 Å². The van der Waals surface area contributed by atoms with Gasteiger partial charge in [-0.05, 0) is 91.4 Å². The van der Waals surface area contributed by atoms with Crippen molar-refractivity contribution in [2.24, 2.45) is 34.5 Å². The standard InChI is InChI=1S/C25H34O4/c1-15(26)29-18-8-10-24(2)17(13-18)4-5-19-21-7-6-20(16-12-23(27)28-14-16)25(21,3)11-9-22(19)24/h7,12,17-20,22H,4-6,8-11,13-14H2,1-3H3. The Morgan fingerprint density at radius 3 is 2.72 bits per heavy atom. The van der Waals surface area contributed by atoms with E-state index >= 15 is 0 Å². The second-order valence-corrected chi connectivity index (χ2v) is 10.7. The number of ether oxygens (including phenoxy) is 2. The van der Waals surface area contributed by atoms with Crippen LogP contribution in [0.3, 0.4) is 0 Å². The van der Waals surface area contributed by atoms with Crippen LogP contribution in [0.25, 0.3) is 0 Å². The summed E-state index contributed by atoms with van der Waals surface area (Å²) in [4.78, 5) is 23.1. The number of cyclic esters (lactones) is 1. The molecule has 0 amide bonds. The van der Waals surface area contributed by atoms with E-state index in [9.17, 15) is 9.59 Å². The molecule has 158 valence electrons. The highest BCUT2D eigenvalue weighted by atomic mass is 16.5. The fourth-order valence-corrected chi connectivity index (χ4v) is 8.04. The molecule has 0 bridgehead atoms. The van der Waals surface area contributed by atoms with Crippen molar-refractivity contribution in [2.45, 2.75) is 78.2 Å². The van der Waals surface area contributed by atoms with Crippen LogP contribution in [0, 0.1) is 34.5 Å². The maximum absolute atomic E-state index is 11.6. The van der Waals surface area contributed by atoms with Gasteiger partial charge in [0, 0.05) is 13.0 Å². The van der Waals surface area contributed by atoms with Crippen LogP contribution in [0.1, 0.15) is 72.1 Å². The monoisotopic (exact) mass is 398 g/mol. The zero-order valence-electron chi connectivity index (χ0n) is 18.0. The minimum Gasteiger partial charge on any atom is -0.463 e. The fourth-order valence-electron chi connectivity index (χ4n) is 8.04. The molecule has 4 heteroatoms. The van der Waals surface area contributed by atoms with Crippen molar-refractivity contribution < 1.29 is 19.1 Å². The van der Waals surface area contributed by atoms with Crippen LogP contribution >= 0.6 is 0 Å². The van der Waals surface area contributed by atoms with Gasteiger partial charge in [0.05, 0.1) is 0 Å². The third-order valence-corrected chi connectivity index (χ3v) is 9.48. The molecule has 7 unspecified atom stereocenters. The van der Waals surface area contributed by atoms with Crippen molar-refractivity contribution >= 4 is 11.9 Å². The molecule has 0 aromatic carbocycles. The summed E-state index contributed by atoms with van der Waals surface area (Å²) in [5.74, 6) is 2.24. The number of fused-ring (bicyclic) bond motifs is 5. The molecule has 0 aromatic rings. The first-order valence-electron chi connectivity index (χ1n) is 11.6. The molecule has 0 saturated heterocycles. The van der Waals surface area contributed by atoms with Crippen LogP contribution in [0.4, 0.5) is 0 Å². The zero-order chi connectivity index (χ0) is 20.4. The van der Waals surface area contributed by atoms with Gasteiger partial charge in [-0.1, -0.05) is 25.5 Å². The number of carbonyl (C=O) groups excluding carboxylic acids is 2. The Hall–Kier alpha value is -1.58. The molecular weight excluding hydrogens is 364 g/mol. The van der Waals surface area contributed by atoms with Crippen molar-refractivity contribution in [2.75, 3.05) is 6.61 Å². The van der Waals surface area contributed by atoms with Crippen LogP contribution in [-0.2, 0) is 19.1 Å². The van der Waals surface area contributed by atoms with Gasteiger partial charge < -0.3 is 9.47 Å². The third kappa shape index (κ3) is 2.92. The summed E-state index contributed by atoms with van der Waals surface area (Å²) in [5, 5.41) is 0. The highest BCUT2D eigenvalue weighted by Crippen LogP contribution is 2.66. The third-order valence-electron chi connectivity index (χ3n) is 9.48. The zero-order valence-corrected chi connectivity index (χ0v) is 18.0. The van der Waals surface area contributed by atoms with E-state index in [-0.39, 0.29) is 23.5 Å². The quantitative estimate of drug-likeness (QED) is 0.486. The van der Waals surface area contributed by atoms with Gasteiger partial charge in [-0.15, -0.1) is 0 Å². The fraction of sp³-hybridized carbons (Fsp3) is 0.760. The van der Waals surface area contributed by atoms with Gasteiger partial charge in [0.25, 0.3) is 0 Å². The summed E-state index contributed by atoms with van der Waals surface area (Å²) < 4.78 is 10.8. The molecule has 0 radical (unpaired) electrons. The number of esters is 2. The van der Waals surface area contributed by atoms with E-state index in [1.807, 2.05) is 0 Å². The van der Waals surface area contributed by atoms with Gasteiger partial charge in [0.1, 0.15) is 12.7 Å². The van der Waals surface area contributed by atoms with Crippen molar-refractivity contribution in [1.29, 1.82) is 0 Å². The van der Waals surface area contributed by atoms with E-state index in [1.54, 1.807) is 11.6 Å². The molecule has 3 saturated carbocycles. The topological polar surface area (TPSA) is 52.6 Å². The summed E-state index contributed by atoms with van der Waals surface area (Å²) in [7, 11) is 0. The molecular formula is C25H34O4. The van der Waals surface area contributed by atoms with Gasteiger partial charge in [0.15, 0.2) is 0 Å². The lowest BCUT2D eigenvalue weighted by Gasteiger charge is -2.59. The molecule has 1 heterocycles. The second-order valence-electron chi connectivity index (χ2n) is 10.7. The minimum absolute atomic E-state index is 0.123. The predicted octanol–water partition coefficient (Wildman–Crippen LogP) is 4.98. The van der Waals surface area contributed by atoms with Crippen molar-refractivity contribution in [3.63, 3.8) is 0 Å². The molecule has 29 heavy (non-hydrogen) atoms. The molecule has 0 N–H and O–H groups in total. The number of hydrogen-bond donors (Lipinski definition) is 0. The molecule has 5 aliphatic rings. The van der Waals surface area contributed by atoms with Crippen LogP contribution < -0.4 is 0 Å². The van der Waals surface area contributed by atoms with Crippen LogP contribution in [0.2, 0.25) is 0 Å². The van der Waals surface area contributed by atoms with Crippen LogP contribution in [0.5, 0.6) is 0 Å². The van der Waals surface area contributed by atoms with Crippen LogP contribution in [-0.4, -0.2) is 24.6 Å². The maximum atomic E-state index is 11.6. The van der Waals surface area contributed by atoms with E-state index in [0.717, 1.165) is 25.2 Å². The molecule has 0 spiro atoms. The Morgan fingerprint density at radius 1 is 1.17 bits per heavy atom. The largest absolute Gasteiger partial charge is 0.463 e. The average molecular weight is 399 g/mol.